The van der Waals surface area contributed by atoms with Crippen LogP contribution in [0.3, 0.4) is 0 Å². The zero-order valence-corrected chi connectivity index (χ0v) is 17.4. The van der Waals surface area contributed by atoms with Crippen molar-refractivity contribution >= 4 is 16.7 Å². The molecule has 3 aromatic heterocycles. The molecule has 0 radical (unpaired) electrons. The predicted octanol–water partition coefficient (Wildman–Crippen LogP) is 3.29. The van der Waals surface area contributed by atoms with Crippen molar-refractivity contribution in [3.05, 3.63) is 77.0 Å². The number of aromatic nitrogens is 3. The molecule has 7 nitrogen and oxygen atoms in total. The van der Waals surface area contributed by atoms with E-state index in [1.54, 1.807) is 17.7 Å². The number of hydrogen-bond acceptors (Lipinski definition) is 5. The minimum absolute atomic E-state index is 0.0491. The molecule has 1 aromatic carbocycles. The SMILES string of the molecule is COc1cccc(Cn2ccc(-c3c[nH]c4ncc(N5CCOCC5)cc34)cc2=O)c1. The summed E-state index contributed by atoms with van der Waals surface area (Å²) >= 11 is 0. The quantitative estimate of drug-likeness (QED) is 0.541. The van der Waals surface area contributed by atoms with Crippen molar-refractivity contribution in [3.63, 3.8) is 0 Å². The van der Waals surface area contributed by atoms with Gasteiger partial charge in [0.05, 0.1) is 38.8 Å². The van der Waals surface area contributed by atoms with E-state index in [0.29, 0.717) is 6.54 Å². The summed E-state index contributed by atoms with van der Waals surface area (Å²) in [6.45, 7) is 3.65. The number of morpholine rings is 1. The van der Waals surface area contributed by atoms with Gasteiger partial charge in [0, 0.05) is 42.5 Å². The lowest BCUT2D eigenvalue weighted by Gasteiger charge is -2.28. The lowest BCUT2D eigenvalue weighted by molar-refractivity contribution is 0.122. The lowest BCUT2D eigenvalue weighted by Crippen LogP contribution is -2.36. The number of rotatable bonds is 5. The molecule has 158 valence electrons. The van der Waals surface area contributed by atoms with Gasteiger partial charge in [-0.25, -0.2) is 4.98 Å². The summed E-state index contributed by atoms with van der Waals surface area (Å²) in [4.78, 5) is 22.9. The normalized spacial score (nSPS) is 14.2. The van der Waals surface area contributed by atoms with Crippen LogP contribution in [-0.2, 0) is 11.3 Å². The van der Waals surface area contributed by atoms with Gasteiger partial charge in [0.2, 0.25) is 0 Å². The van der Waals surface area contributed by atoms with E-state index in [-0.39, 0.29) is 5.56 Å². The fraction of sp³-hybridized carbons (Fsp3) is 0.250. The second-order valence-electron chi connectivity index (χ2n) is 7.62. The molecule has 1 N–H and O–H groups in total. The fourth-order valence-corrected chi connectivity index (χ4v) is 4.00. The van der Waals surface area contributed by atoms with Gasteiger partial charge in [0.25, 0.3) is 5.56 Å². The van der Waals surface area contributed by atoms with Crippen LogP contribution in [0.25, 0.3) is 22.2 Å². The zero-order chi connectivity index (χ0) is 21.2. The Morgan fingerprint density at radius 2 is 2.03 bits per heavy atom. The van der Waals surface area contributed by atoms with Crippen LogP contribution in [0.2, 0.25) is 0 Å². The molecule has 5 rings (SSSR count). The molecule has 0 aliphatic carbocycles. The second-order valence-corrected chi connectivity index (χ2v) is 7.62. The van der Waals surface area contributed by atoms with Crippen LogP contribution in [-0.4, -0.2) is 47.9 Å². The summed E-state index contributed by atoms with van der Waals surface area (Å²) in [7, 11) is 1.64. The van der Waals surface area contributed by atoms with Gasteiger partial charge in [-0.2, -0.15) is 0 Å². The monoisotopic (exact) mass is 416 g/mol. The third-order valence-electron chi connectivity index (χ3n) is 5.69. The van der Waals surface area contributed by atoms with E-state index in [1.165, 1.54) is 0 Å². The summed E-state index contributed by atoms with van der Waals surface area (Å²) in [6, 6.07) is 13.6. The van der Waals surface area contributed by atoms with Crippen LogP contribution in [0.1, 0.15) is 5.56 Å². The molecule has 1 aliphatic rings. The molecule has 0 atom stereocenters. The van der Waals surface area contributed by atoms with Gasteiger partial charge in [-0.15, -0.1) is 0 Å². The predicted molar refractivity (Wildman–Crippen MR) is 121 cm³/mol. The molecule has 0 saturated carbocycles. The molecular weight excluding hydrogens is 392 g/mol. The van der Waals surface area contributed by atoms with E-state index in [4.69, 9.17) is 9.47 Å². The van der Waals surface area contributed by atoms with Crippen molar-refractivity contribution in [2.24, 2.45) is 0 Å². The molecule has 0 amide bonds. The minimum Gasteiger partial charge on any atom is -0.497 e. The van der Waals surface area contributed by atoms with Gasteiger partial charge in [-0.1, -0.05) is 12.1 Å². The smallest absolute Gasteiger partial charge is 0.251 e. The lowest BCUT2D eigenvalue weighted by atomic mass is 10.1. The van der Waals surface area contributed by atoms with Crippen LogP contribution < -0.4 is 15.2 Å². The Balaban J connectivity index is 1.45. The number of nitrogens with one attached hydrogen (secondary N) is 1. The van der Waals surface area contributed by atoms with E-state index >= 15 is 0 Å². The van der Waals surface area contributed by atoms with Crippen LogP contribution in [0, 0.1) is 0 Å². The largest absolute Gasteiger partial charge is 0.497 e. The number of fused-ring (bicyclic) bond motifs is 1. The molecule has 1 fully saturated rings. The molecular formula is C24H24N4O3. The third-order valence-corrected chi connectivity index (χ3v) is 5.69. The van der Waals surface area contributed by atoms with Gasteiger partial charge in [-0.3, -0.25) is 4.79 Å². The van der Waals surface area contributed by atoms with Crippen molar-refractivity contribution < 1.29 is 9.47 Å². The number of benzene rings is 1. The molecule has 4 heterocycles. The number of anilines is 1. The number of pyridine rings is 2. The van der Waals surface area contributed by atoms with Crippen molar-refractivity contribution in [2.45, 2.75) is 6.54 Å². The van der Waals surface area contributed by atoms with E-state index < -0.39 is 0 Å². The highest BCUT2D eigenvalue weighted by Crippen LogP contribution is 2.30. The first-order valence-corrected chi connectivity index (χ1v) is 10.3. The van der Waals surface area contributed by atoms with Crippen molar-refractivity contribution in [1.82, 2.24) is 14.5 Å². The summed E-state index contributed by atoms with van der Waals surface area (Å²) in [5.41, 5.74) is 4.70. The Morgan fingerprint density at radius 3 is 2.84 bits per heavy atom. The first-order chi connectivity index (χ1) is 15.2. The van der Waals surface area contributed by atoms with Crippen LogP contribution >= 0.6 is 0 Å². The maximum Gasteiger partial charge on any atom is 0.251 e. The highest BCUT2D eigenvalue weighted by atomic mass is 16.5. The first kappa shape index (κ1) is 19.4. The van der Waals surface area contributed by atoms with Gasteiger partial charge in [0.1, 0.15) is 11.4 Å². The Bertz CT molecular complexity index is 1270. The zero-order valence-electron chi connectivity index (χ0n) is 17.4. The molecule has 0 bridgehead atoms. The molecule has 1 saturated heterocycles. The minimum atomic E-state index is -0.0491. The number of hydrogen-bond donors (Lipinski definition) is 1. The maximum absolute atomic E-state index is 12.8. The number of nitrogens with zero attached hydrogens (tertiary/aromatic N) is 3. The van der Waals surface area contributed by atoms with E-state index in [9.17, 15) is 4.79 Å². The number of methoxy groups -OCH3 is 1. The molecule has 1 aliphatic heterocycles. The molecule has 0 spiro atoms. The van der Waals surface area contributed by atoms with Crippen molar-refractivity contribution in [3.8, 4) is 16.9 Å². The standard InChI is InChI=1S/C24H24N4O3/c1-30-20-4-2-3-17(11-20)16-28-6-5-18(12-23(28)29)22-15-26-24-21(22)13-19(14-25-24)27-7-9-31-10-8-27/h2-6,11-15H,7-10,16H2,1H3,(H,25,26). The van der Waals surface area contributed by atoms with Gasteiger partial charge < -0.3 is 23.9 Å². The third kappa shape index (κ3) is 3.92. The highest BCUT2D eigenvalue weighted by Gasteiger charge is 2.15. The summed E-state index contributed by atoms with van der Waals surface area (Å²) < 4.78 is 12.4. The number of H-pyrrole nitrogens is 1. The number of aromatic amines is 1. The van der Waals surface area contributed by atoms with Crippen LogP contribution in [0.15, 0.2) is 65.8 Å². The first-order valence-electron chi connectivity index (χ1n) is 10.3. The fourth-order valence-electron chi connectivity index (χ4n) is 4.00. The Kier molecular flexibility index (Phi) is 5.18. The Morgan fingerprint density at radius 1 is 1.16 bits per heavy atom. The average Bonchev–Trinajstić information content (AvgIpc) is 3.24. The van der Waals surface area contributed by atoms with Crippen LogP contribution in [0.5, 0.6) is 5.75 Å². The summed E-state index contributed by atoms with van der Waals surface area (Å²) in [5, 5.41) is 1.01. The van der Waals surface area contributed by atoms with Gasteiger partial charge in [0.15, 0.2) is 0 Å². The highest BCUT2D eigenvalue weighted by molar-refractivity contribution is 5.95. The topological polar surface area (TPSA) is 72.4 Å². The van der Waals surface area contributed by atoms with Crippen molar-refractivity contribution in [2.75, 3.05) is 38.3 Å². The Hall–Kier alpha value is -3.58. The van der Waals surface area contributed by atoms with Gasteiger partial charge in [-0.05, 0) is 35.4 Å². The van der Waals surface area contributed by atoms with Crippen molar-refractivity contribution in [1.29, 1.82) is 0 Å². The average molecular weight is 416 g/mol. The van der Waals surface area contributed by atoms with Gasteiger partial charge >= 0.3 is 0 Å². The molecule has 7 heteroatoms. The second kappa shape index (κ2) is 8.28. The van der Waals surface area contributed by atoms with E-state index in [1.807, 2.05) is 48.9 Å². The molecule has 31 heavy (non-hydrogen) atoms. The molecule has 4 aromatic rings. The summed E-state index contributed by atoms with van der Waals surface area (Å²) in [5.74, 6) is 0.782. The summed E-state index contributed by atoms with van der Waals surface area (Å²) in [6.07, 6.45) is 5.65. The van der Waals surface area contributed by atoms with E-state index in [0.717, 1.165) is 65.5 Å². The maximum atomic E-state index is 12.8. The molecule has 0 unspecified atom stereocenters. The number of ether oxygens (including phenoxy) is 2. The van der Waals surface area contributed by atoms with Crippen LogP contribution in [0.4, 0.5) is 5.69 Å². The van der Waals surface area contributed by atoms with E-state index in [2.05, 4.69) is 20.9 Å². The Labute approximate surface area is 179 Å².